The van der Waals surface area contributed by atoms with Crippen molar-refractivity contribution in [2.45, 2.75) is 6.92 Å². The number of amides is 1. The van der Waals surface area contributed by atoms with Crippen LogP contribution in [0.4, 0.5) is 5.69 Å². The van der Waals surface area contributed by atoms with E-state index in [4.69, 9.17) is 5.11 Å². The third kappa shape index (κ3) is 3.94. The number of aromatic carboxylic acids is 1. The Balaban J connectivity index is 2.71. The lowest BCUT2D eigenvalue weighted by Gasteiger charge is -2.07. The van der Waals surface area contributed by atoms with Crippen LogP contribution < -0.4 is 5.32 Å². The van der Waals surface area contributed by atoms with E-state index in [-0.39, 0.29) is 11.3 Å². The highest BCUT2D eigenvalue weighted by Crippen LogP contribution is 2.14. The van der Waals surface area contributed by atoms with Crippen molar-refractivity contribution >= 4 is 23.5 Å². The summed E-state index contributed by atoms with van der Waals surface area (Å²) < 4.78 is 4.48. The molecule has 17 heavy (non-hydrogen) atoms. The number of ether oxygens (including phenoxy) is 1. The van der Waals surface area contributed by atoms with Gasteiger partial charge in [0.2, 0.25) is 0 Å². The van der Waals surface area contributed by atoms with Gasteiger partial charge in [-0.1, -0.05) is 12.1 Å². The molecule has 0 bridgehead atoms. The molecule has 1 amide bonds. The van der Waals surface area contributed by atoms with Gasteiger partial charge in [-0.2, -0.15) is 0 Å². The Morgan fingerprint density at radius 2 is 1.94 bits per heavy atom. The molecular formula is C11H11NO5. The number of carboxylic acids is 1. The average molecular weight is 237 g/mol. The number of hydrogen-bond donors (Lipinski definition) is 2. The van der Waals surface area contributed by atoms with Crippen LogP contribution in [0.15, 0.2) is 24.3 Å². The van der Waals surface area contributed by atoms with Crippen LogP contribution in [0.25, 0.3) is 0 Å². The molecule has 0 fully saturated rings. The summed E-state index contributed by atoms with van der Waals surface area (Å²) in [5.41, 5.74) is 0.140. The number of rotatable bonds is 4. The van der Waals surface area contributed by atoms with Gasteiger partial charge in [0, 0.05) is 6.92 Å². The number of benzene rings is 1. The summed E-state index contributed by atoms with van der Waals surface area (Å²) in [5, 5.41) is 11.2. The van der Waals surface area contributed by atoms with Gasteiger partial charge in [-0.3, -0.25) is 9.59 Å². The standard InChI is InChI=1S/C11H11NO5/c1-7(13)17-6-10(14)12-9-5-3-2-4-8(9)11(15)16/h2-5H,6H2,1H3,(H,12,14)(H,15,16). The average Bonchev–Trinajstić information content (AvgIpc) is 2.27. The van der Waals surface area contributed by atoms with Crippen LogP contribution in [0.3, 0.4) is 0 Å². The Hall–Kier alpha value is -2.37. The molecule has 0 heterocycles. The first-order valence-corrected chi connectivity index (χ1v) is 4.76. The van der Waals surface area contributed by atoms with E-state index in [0.717, 1.165) is 0 Å². The highest BCUT2D eigenvalue weighted by Gasteiger charge is 2.11. The first kappa shape index (κ1) is 12.7. The molecule has 0 unspecified atom stereocenters. The van der Waals surface area contributed by atoms with Gasteiger partial charge in [-0.25, -0.2) is 4.79 Å². The molecule has 0 aliphatic carbocycles. The van der Waals surface area contributed by atoms with Gasteiger partial charge in [-0.15, -0.1) is 0 Å². The van der Waals surface area contributed by atoms with E-state index in [1.165, 1.54) is 19.1 Å². The van der Waals surface area contributed by atoms with Gasteiger partial charge in [-0.05, 0) is 12.1 Å². The second-order valence-corrected chi connectivity index (χ2v) is 3.18. The van der Waals surface area contributed by atoms with E-state index in [9.17, 15) is 14.4 Å². The number of esters is 1. The molecule has 1 aromatic rings. The molecule has 0 atom stereocenters. The van der Waals surface area contributed by atoms with Crippen LogP contribution in [0, 0.1) is 0 Å². The number of para-hydroxylation sites is 1. The monoisotopic (exact) mass is 237 g/mol. The molecule has 6 nitrogen and oxygen atoms in total. The van der Waals surface area contributed by atoms with Crippen LogP contribution in [0.5, 0.6) is 0 Å². The molecule has 0 aliphatic heterocycles. The van der Waals surface area contributed by atoms with Crippen molar-refractivity contribution in [3.05, 3.63) is 29.8 Å². The van der Waals surface area contributed by atoms with Gasteiger partial charge >= 0.3 is 11.9 Å². The van der Waals surface area contributed by atoms with Crippen molar-refractivity contribution in [1.82, 2.24) is 0 Å². The van der Waals surface area contributed by atoms with Crippen molar-refractivity contribution in [3.63, 3.8) is 0 Å². The van der Waals surface area contributed by atoms with E-state index >= 15 is 0 Å². The minimum Gasteiger partial charge on any atom is -0.478 e. The van der Waals surface area contributed by atoms with E-state index in [1.54, 1.807) is 12.1 Å². The summed E-state index contributed by atoms with van der Waals surface area (Å²) in [4.78, 5) is 32.6. The number of carboxylic acid groups (broad SMARTS) is 1. The summed E-state index contributed by atoms with van der Waals surface area (Å²) in [7, 11) is 0. The molecule has 1 aromatic carbocycles. The topological polar surface area (TPSA) is 92.7 Å². The Morgan fingerprint density at radius 1 is 1.29 bits per heavy atom. The predicted octanol–water partition coefficient (Wildman–Crippen LogP) is 0.886. The number of carbonyl (C=O) groups is 3. The molecule has 0 saturated carbocycles. The van der Waals surface area contributed by atoms with Crippen LogP contribution in [0.2, 0.25) is 0 Å². The summed E-state index contributed by atoms with van der Waals surface area (Å²) in [6, 6.07) is 5.96. The normalized spacial score (nSPS) is 9.47. The lowest BCUT2D eigenvalue weighted by molar-refractivity contribution is -0.144. The van der Waals surface area contributed by atoms with Gasteiger partial charge in [0.1, 0.15) is 0 Å². The zero-order chi connectivity index (χ0) is 12.8. The van der Waals surface area contributed by atoms with E-state index in [1.807, 2.05) is 0 Å². The Morgan fingerprint density at radius 3 is 2.53 bits per heavy atom. The summed E-state index contributed by atoms with van der Waals surface area (Å²) in [6.07, 6.45) is 0. The Kier molecular flexibility index (Phi) is 4.21. The highest BCUT2D eigenvalue weighted by molar-refractivity contribution is 6.01. The van der Waals surface area contributed by atoms with E-state index in [2.05, 4.69) is 10.1 Å². The molecule has 90 valence electrons. The largest absolute Gasteiger partial charge is 0.478 e. The smallest absolute Gasteiger partial charge is 0.337 e. The van der Waals surface area contributed by atoms with Crippen molar-refractivity contribution in [1.29, 1.82) is 0 Å². The SMILES string of the molecule is CC(=O)OCC(=O)Nc1ccccc1C(=O)O. The highest BCUT2D eigenvalue weighted by atomic mass is 16.5. The molecule has 0 radical (unpaired) electrons. The predicted molar refractivity (Wildman–Crippen MR) is 58.7 cm³/mol. The summed E-state index contributed by atoms with van der Waals surface area (Å²) in [6.45, 7) is 0.738. The molecule has 0 aliphatic rings. The summed E-state index contributed by atoms with van der Waals surface area (Å²) in [5.74, 6) is -2.31. The van der Waals surface area contributed by atoms with Gasteiger partial charge in [0.25, 0.3) is 5.91 Å². The number of anilines is 1. The second kappa shape index (κ2) is 5.64. The fourth-order valence-electron chi connectivity index (χ4n) is 1.13. The van der Waals surface area contributed by atoms with E-state index < -0.39 is 24.5 Å². The third-order valence-corrected chi connectivity index (χ3v) is 1.84. The Bertz CT molecular complexity index is 455. The quantitative estimate of drug-likeness (QED) is 0.758. The van der Waals surface area contributed by atoms with Gasteiger partial charge in [0.15, 0.2) is 6.61 Å². The maximum Gasteiger partial charge on any atom is 0.337 e. The summed E-state index contributed by atoms with van der Waals surface area (Å²) >= 11 is 0. The van der Waals surface area contributed by atoms with Crippen molar-refractivity contribution in [2.24, 2.45) is 0 Å². The fraction of sp³-hybridized carbons (Fsp3) is 0.182. The molecule has 2 N–H and O–H groups in total. The lowest BCUT2D eigenvalue weighted by atomic mass is 10.2. The van der Waals surface area contributed by atoms with Crippen molar-refractivity contribution in [2.75, 3.05) is 11.9 Å². The van der Waals surface area contributed by atoms with Crippen LogP contribution >= 0.6 is 0 Å². The van der Waals surface area contributed by atoms with E-state index in [0.29, 0.717) is 0 Å². The molecular weight excluding hydrogens is 226 g/mol. The Labute approximate surface area is 97.2 Å². The molecule has 6 heteroatoms. The van der Waals surface area contributed by atoms with Gasteiger partial charge in [0.05, 0.1) is 11.3 Å². The first-order valence-electron chi connectivity index (χ1n) is 4.76. The number of hydrogen-bond acceptors (Lipinski definition) is 4. The fourth-order valence-corrected chi connectivity index (χ4v) is 1.13. The third-order valence-electron chi connectivity index (χ3n) is 1.84. The number of nitrogens with one attached hydrogen (secondary N) is 1. The maximum absolute atomic E-state index is 11.3. The van der Waals surface area contributed by atoms with Crippen LogP contribution in [0.1, 0.15) is 17.3 Å². The second-order valence-electron chi connectivity index (χ2n) is 3.18. The first-order chi connectivity index (χ1) is 8.00. The zero-order valence-electron chi connectivity index (χ0n) is 9.10. The molecule has 0 spiro atoms. The van der Waals surface area contributed by atoms with Crippen LogP contribution in [-0.2, 0) is 14.3 Å². The molecule has 0 saturated heterocycles. The molecule has 1 rings (SSSR count). The minimum atomic E-state index is -1.15. The van der Waals surface area contributed by atoms with Crippen molar-refractivity contribution in [3.8, 4) is 0 Å². The number of carbonyl (C=O) groups excluding carboxylic acids is 2. The zero-order valence-corrected chi connectivity index (χ0v) is 9.10. The minimum absolute atomic E-state index is 0.0244. The lowest BCUT2D eigenvalue weighted by Crippen LogP contribution is -2.21. The van der Waals surface area contributed by atoms with Crippen LogP contribution in [-0.4, -0.2) is 29.6 Å². The van der Waals surface area contributed by atoms with Gasteiger partial charge < -0.3 is 15.2 Å². The maximum atomic E-state index is 11.3. The molecule has 0 aromatic heterocycles. The van der Waals surface area contributed by atoms with Crippen molar-refractivity contribution < 1.29 is 24.2 Å².